The molecule has 2 aromatic carbocycles. The minimum absolute atomic E-state index is 0.0441. The first kappa shape index (κ1) is 13.2. The second kappa shape index (κ2) is 4.36. The smallest absolute Gasteiger partial charge is 0.136 e. The maximum atomic E-state index is 9.17. The maximum absolute atomic E-state index is 9.17. The van der Waals surface area contributed by atoms with Gasteiger partial charge in [-0.2, -0.15) is 10.5 Å². The molecule has 1 aromatic heterocycles. The minimum Gasteiger partial charge on any atom is -0.456 e. The van der Waals surface area contributed by atoms with E-state index in [2.05, 4.69) is 39.0 Å². The highest BCUT2D eigenvalue weighted by Crippen LogP contribution is 2.34. The molecule has 0 aliphatic carbocycles. The number of hydrogen-bond donors (Lipinski definition) is 0. The van der Waals surface area contributed by atoms with Crippen LogP contribution in [0, 0.1) is 22.7 Å². The summed E-state index contributed by atoms with van der Waals surface area (Å²) in [5.41, 5.74) is 3.40. The van der Waals surface area contributed by atoms with Crippen molar-refractivity contribution in [3.8, 4) is 12.1 Å². The normalized spacial score (nSPS) is 11.5. The highest BCUT2D eigenvalue weighted by Gasteiger charge is 2.17. The molecule has 0 saturated heterocycles. The summed E-state index contributed by atoms with van der Waals surface area (Å²) in [5, 5.41) is 20.1. The first-order valence-corrected chi connectivity index (χ1v) is 6.75. The molecule has 0 fully saturated rings. The average Bonchev–Trinajstić information content (AvgIpc) is 2.81. The lowest BCUT2D eigenvalue weighted by atomic mass is 9.86. The largest absolute Gasteiger partial charge is 0.456 e. The van der Waals surface area contributed by atoms with Crippen molar-refractivity contribution in [2.24, 2.45) is 0 Å². The van der Waals surface area contributed by atoms with Gasteiger partial charge in [0.15, 0.2) is 0 Å². The molecule has 0 N–H and O–H groups in total. The number of nitrogens with zero attached hydrogens (tertiary/aromatic N) is 2. The Bertz CT molecular complexity index is 944. The summed E-state index contributed by atoms with van der Waals surface area (Å²) in [4.78, 5) is 0. The summed E-state index contributed by atoms with van der Waals surface area (Å²) in [7, 11) is 0. The Morgan fingerprint density at radius 3 is 2.10 bits per heavy atom. The Hall–Kier alpha value is -2.78. The summed E-state index contributed by atoms with van der Waals surface area (Å²) in [5.74, 6) is 0. The van der Waals surface area contributed by atoms with Crippen LogP contribution < -0.4 is 0 Å². The molecule has 0 bridgehead atoms. The molecule has 0 saturated carbocycles. The van der Waals surface area contributed by atoms with Crippen molar-refractivity contribution in [1.29, 1.82) is 10.5 Å². The fourth-order valence-electron chi connectivity index (χ4n) is 2.47. The number of fused-ring (bicyclic) bond motifs is 3. The lowest BCUT2D eigenvalue weighted by Crippen LogP contribution is -2.10. The predicted octanol–water partition coefficient (Wildman–Crippen LogP) is 4.63. The van der Waals surface area contributed by atoms with Crippen molar-refractivity contribution in [3.05, 3.63) is 47.0 Å². The van der Waals surface area contributed by atoms with E-state index in [9.17, 15) is 5.26 Å². The van der Waals surface area contributed by atoms with Gasteiger partial charge in [0.1, 0.15) is 23.3 Å². The predicted molar refractivity (Wildman–Crippen MR) is 81.9 cm³/mol. The standard InChI is InChI=1S/C18H14N2O/c1-18(2,3)13-4-5-16-15(8-13)14-6-11(9-19)12(10-20)7-17(14)21-16/h4-8H,1-3H3. The Balaban J connectivity index is 2.40. The number of benzene rings is 2. The third kappa shape index (κ3) is 2.04. The van der Waals surface area contributed by atoms with Crippen LogP contribution in [0.5, 0.6) is 0 Å². The third-order valence-corrected chi connectivity index (χ3v) is 3.72. The molecule has 3 nitrogen and oxygen atoms in total. The zero-order valence-corrected chi connectivity index (χ0v) is 12.2. The molecule has 3 heteroatoms. The second-order valence-corrected chi connectivity index (χ2v) is 6.18. The van der Waals surface area contributed by atoms with Crippen LogP contribution in [0.2, 0.25) is 0 Å². The van der Waals surface area contributed by atoms with Crippen molar-refractivity contribution < 1.29 is 4.42 Å². The molecule has 102 valence electrons. The van der Waals surface area contributed by atoms with Crippen molar-refractivity contribution in [2.45, 2.75) is 26.2 Å². The molecule has 0 radical (unpaired) electrons. The van der Waals surface area contributed by atoms with Crippen molar-refractivity contribution in [1.82, 2.24) is 0 Å². The first-order chi connectivity index (χ1) is 9.94. The lowest BCUT2D eigenvalue weighted by molar-refractivity contribution is 0.590. The van der Waals surface area contributed by atoms with E-state index in [-0.39, 0.29) is 5.41 Å². The molecule has 0 aliphatic rings. The topological polar surface area (TPSA) is 60.7 Å². The van der Waals surface area contributed by atoms with Crippen LogP contribution in [0.1, 0.15) is 37.5 Å². The van der Waals surface area contributed by atoms with Crippen LogP contribution in [-0.2, 0) is 5.41 Å². The van der Waals surface area contributed by atoms with Crippen LogP contribution in [0.3, 0.4) is 0 Å². The van der Waals surface area contributed by atoms with Crippen LogP contribution in [0.15, 0.2) is 34.7 Å². The summed E-state index contributed by atoms with van der Waals surface area (Å²) in [6.07, 6.45) is 0. The van der Waals surface area contributed by atoms with E-state index in [0.29, 0.717) is 16.7 Å². The monoisotopic (exact) mass is 274 g/mol. The van der Waals surface area contributed by atoms with Crippen LogP contribution in [-0.4, -0.2) is 0 Å². The SMILES string of the molecule is CC(C)(C)c1ccc2oc3cc(C#N)c(C#N)cc3c2c1. The molecule has 0 spiro atoms. The van der Waals surface area contributed by atoms with Crippen molar-refractivity contribution >= 4 is 21.9 Å². The molecule has 1 heterocycles. The number of rotatable bonds is 0. The highest BCUT2D eigenvalue weighted by molar-refractivity contribution is 6.06. The summed E-state index contributed by atoms with van der Waals surface area (Å²) >= 11 is 0. The van der Waals surface area contributed by atoms with Gasteiger partial charge in [-0.1, -0.05) is 26.8 Å². The molecule has 0 aliphatic heterocycles. The van der Waals surface area contributed by atoms with Crippen molar-refractivity contribution in [3.63, 3.8) is 0 Å². The Morgan fingerprint density at radius 1 is 0.857 bits per heavy atom. The zero-order valence-electron chi connectivity index (χ0n) is 12.2. The summed E-state index contributed by atoms with van der Waals surface area (Å²) < 4.78 is 5.80. The van der Waals surface area contributed by atoms with Gasteiger partial charge >= 0.3 is 0 Å². The molecule has 0 amide bonds. The van der Waals surface area contributed by atoms with Gasteiger partial charge in [-0.3, -0.25) is 0 Å². The molecular weight excluding hydrogens is 260 g/mol. The van der Waals surface area contributed by atoms with E-state index in [0.717, 1.165) is 16.4 Å². The van der Waals surface area contributed by atoms with E-state index in [1.165, 1.54) is 5.56 Å². The van der Waals surface area contributed by atoms with Gasteiger partial charge in [0.2, 0.25) is 0 Å². The summed E-state index contributed by atoms with van der Waals surface area (Å²) in [6, 6.07) is 13.6. The van der Waals surface area contributed by atoms with Gasteiger partial charge in [-0.05, 0) is 29.2 Å². The van der Waals surface area contributed by atoms with Gasteiger partial charge in [0, 0.05) is 16.8 Å². The third-order valence-electron chi connectivity index (χ3n) is 3.72. The van der Waals surface area contributed by atoms with E-state index < -0.39 is 0 Å². The minimum atomic E-state index is 0.0441. The Morgan fingerprint density at radius 2 is 1.48 bits per heavy atom. The Kier molecular flexibility index (Phi) is 2.75. The molecule has 0 atom stereocenters. The quantitative estimate of drug-likeness (QED) is 0.600. The van der Waals surface area contributed by atoms with Gasteiger partial charge in [-0.15, -0.1) is 0 Å². The van der Waals surface area contributed by atoms with Crippen LogP contribution >= 0.6 is 0 Å². The maximum Gasteiger partial charge on any atom is 0.136 e. The molecular formula is C18H14N2O. The van der Waals surface area contributed by atoms with Crippen molar-refractivity contribution in [2.75, 3.05) is 0 Å². The van der Waals surface area contributed by atoms with E-state index >= 15 is 0 Å². The van der Waals surface area contributed by atoms with Gasteiger partial charge in [0.05, 0.1) is 11.1 Å². The number of hydrogen-bond acceptors (Lipinski definition) is 3. The average molecular weight is 274 g/mol. The van der Waals surface area contributed by atoms with E-state index in [1.54, 1.807) is 12.1 Å². The zero-order chi connectivity index (χ0) is 15.2. The molecule has 21 heavy (non-hydrogen) atoms. The van der Waals surface area contributed by atoms with Gasteiger partial charge in [-0.25, -0.2) is 0 Å². The first-order valence-electron chi connectivity index (χ1n) is 6.75. The molecule has 0 unspecified atom stereocenters. The van der Waals surface area contributed by atoms with Crippen LogP contribution in [0.4, 0.5) is 0 Å². The second-order valence-electron chi connectivity index (χ2n) is 6.18. The fraction of sp³-hybridized carbons (Fsp3) is 0.222. The Labute approximate surface area is 123 Å². The molecule has 3 rings (SSSR count). The van der Waals surface area contributed by atoms with Gasteiger partial charge in [0.25, 0.3) is 0 Å². The van der Waals surface area contributed by atoms with E-state index in [1.807, 2.05) is 12.1 Å². The van der Waals surface area contributed by atoms with Gasteiger partial charge < -0.3 is 4.42 Å². The van der Waals surface area contributed by atoms with E-state index in [4.69, 9.17) is 9.68 Å². The summed E-state index contributed by atoms with van der Waals surface area (Å²) in [6.45, 7) is 6.47. The fourth-order valence-corrected chi connectivity index (χ4v) is 2.47. The molecule has 3 aromatic rings. The number of nitriles is 2. The number of furan rings is 1. The van der Waals surface area contributed by atoms with Crippen LogP contribution in [0.25, 0.3) is 21.9 Å². The lowest BCUT2D eigenvalue weighted by Gasteiger charge is -2.18. The highest BCUT2D eigenvalue weighted by atomic mass is 16.3.